The van der Waals surface area contributed by atoms with Crippen molar-refractivity contribution in [3.63, 3.8) is 0 Å². The van der Waals surface area contributed by atoms with Crippen molar-refractivity contribution < 1.29 is 13.2 Å². The highest BCUT2D eigenvalue weighted by atomic mass is 32.1. The molecule has 3 rings (SSSR count). The van der Waals surface area contributed by atoms with Gasteiger partial charge in [0.15, 0.2) is 0 Å². The number of rotatable bonds is 1. The summed E-state index contributed by atoms with van der Waals surface area (Å²) in [5, 5.41) is 1.89. The summed E-state index contributed by atoms with van der Waals surface area (Å²) < 4.78 is 37.7. The normalized spacial score (nSPS) is 12.2. The van der Waals surface area contributed by atoms with Gasteiger partial charge in [0.25, 0.3) is 0 Å². The number of aromatic nitrogens is 2. The van der Waals surface area contributed by atoms with Gasteiger partial charge in [-0.1, -0.05) is 6.07 Å². The highest BCUT2D eigenvalue weighted by Crippen LogP contribution is 2.32. The first kappa shape index (κ1) is 11.3. The quantitative estimate of drug-likeness (QED) is 0.700. The molecule has 0 unspecified atom stereocenters. The Balaban J connectivity index is 2.13. The predicted octanol–water partition coefficient (Wildman–Crippen LogP) is 4.31. The number of hydrogen-bond donors (Lipinski definition) is 1. The molecule has 3 aromatic rings. The molecule has 6 heteroatoms. The molecular weight excluding hydrogens is 261 g/mol. The monoisotopic (exact) mass is 268 g/mol. The van der Waals surface area contributed by atoms with E-state index in [1.54, 1.807) is 0 Å². The molecule has 0 saturated carbocycles. The van der Waals surface area contributed by atoms with E-state index in [9.17, 15) is 13.2 Å². The van der Waals surface area contributed by atoms with Crippen LogP contribution in [0, 0.1) is 0 Å². The van der Waals surface area contributed by atoms with Gasteiger partial charge in [-0.3, -0.25) is 0 Å². The van der Waals surface area contributed by atoms with E-state index in [1.165, 1.54) is 17.4 Å². The second kappa shape index (κ2) is 3.84. The Labute approximate surface area is 104 Å². The summed E-state index contributed by atoms with van der Waals surface area (Å²) in [5.41, 5.74) is 0.260. The van der Waals surface area contributed by atoms with Crippen molar-refractivity contribution in [2.24, 2.45) is 0 Å². The van der Waals surface area contributed by atoms with E-state index in [0.717, 1.165) is 17.0 Å². The van der Waals surface area contributed by atoms with Crippen LogP contribution in [0.3, 0.4) is 0 Å². The molecule has 0 aliphatic carbocycles. The highest BCUT2D eigenvalue weighted by molar-refractivity contribution is 7.13. The molecule has 2 nitrogen and oxygen atoms in total. The van der Waals surface area contributed by atoms with Gasteiger partial charge < -0.3 is 4.98 Å². The lowest BCUT2D eigenvalue weighted by Crippen LogP contribution is -2.04. The van der Waals surface area contributed by atoms with Gasteiger partial charge in [-0.05, 0) is 29.6 Å². The fourth-order valence-electron chi connectivity index (χ4n) is 1.72. The highest BCUT2D eigenvalue weighted by Gasteiger charge is 2.30. The van der Waals surface area contributed by atoms with Crippen LogP contribution < -0.4 is 0 Å². The van der Waals surface area contributed by atoms with Crippen LogP contribution in [0.5, 0.6) is 0 Å². The zero-order valence-corrected chi connectivity index (χ0v) is 9.77. The number of hydrogen-bond acceptors (Lipinski definition) is 2. The van der Waals surface area contributed by atoms with Gasteiger partial charge in [0.1, 0.15) is 5.82 Å². The molecular formula is C12H7F3N2S. The van der Waals surface area contributed by atoms with Crippen molar-refractivity contribution in [2.45, 2.75) is 6.18 Å². The van der Waals surface area contributed by atoms with Crippen LogP contribution >= 0.6 is 11.3 Å². The molecule has 1 aromatic carbocycles. The van der Waals surface area contributed by atoms with Gasteiger partial charge in [0.05, 0.1) is 21.5 Å². The van der Waals surface area contributed by atoms with Crippen LogP contribution in [-0.2, 0) is 6.18 Å². The maximum atomic E-state index is 12.6. The molecule has 0 aliphatic heterocycles. The lowest BCUT2D eigenvalue weighted by molar-refractivity contribution is -0.137. The number of fused-ring (bicyclic) bond motifs is 1. The molecule has 0 spiro atoms. The van der Waals surface area contributed by atoms with Gasteiger partial charge in [-0.15, -0.1) is 11.3 Å². The minimum absolute atomic E-state index is 0.397. The number of nitrogens with zero attached hydrogens (tertiary/aromatic N) is 1. The van der Waals surface area contributed by atoms with E-state index in [4.69, 9.17) is 0 Å². The molecule has 0 saturated heterocycles. The third-order valence-electron chi connectivity index (χ3n) is 2.56. The number of aromatic amines is 1. The average molecular weight is 268 g/mol. The number of benzene rings is 1. The fraction of sp³-hybridized carbons (Fsp3) is 0.0833. The van der Waals surface area contributed by atoms with Crippen molar-refractivity contribution in [1.29, 1.82) is 0 Å². The minimum Gasteiger partial charge on any atom is -0.337 e. The Hall–Kier alpha value is -1.82. The number of alkyl halides is 3. The molecule has 0 aliphatic rings. The molecule has 18 heavy (non-hydrogen) atoms. The van der Waals surface area contributed by atoms with E-state index in [-0.39, 0.29) is 0 Å². The topological polar surface area (TPSA) is 28.7 Å². The predicted molar refractivity (Wildman–Crippen MR) is 64.4 cm³/mol. The van der Waals surface area contributed by atoms with E-state index in [2.05, 4.69) is 9.97 Å². The number of H-pyrrole nitrogens is 1. The Morgan fingerprint density at radius 2 is 2.00 bits per heavy atom. The molecule has 0 amide bonds. The van der Waals surface area contributed by atoms with Crippen molar-refractivity contribution in [2.75, 3.05) is 0 Å². The Morgan fingerprint density at radius 3 is 2.67 bits per heavy atom. The standard InChI is InChI=1S/C12H7F3N2S/c13-12(14,15)7-3-4-8-9(6-7)17-11(16-8)10-2-1-5-18-10/h1-6H,(H,16,17). The van der Waals surface area contributed by atoms with Crippen LogP contribution in [0.25, 0.3) is 21.7 Å². The first-order valence-corrected chi connectivity index (χ1v) is 6.03. The number of imidazole rings is 1. The first-order chi connectivity index (χ1) is 8.54. The summed E-state index contributed by atoms with van der Waals surface area (Å²) in [5.74, 6) is 0.597. The lowest BCUT2D eigenvalue weighted by Gasteiger charge is -2.05. The van der Waals surface area contributed by atoms with Crippen LogP contribution in [0.4, 0.5) is 13.2 Å². The summed E-state index contributed by atoms with van der Waals surface area (Å²) in [7, 11) is 0. The molecule has 0 atom stereocenters. The fourth-order valence-corrected chi connectivity index (χ4v) is 2.39. The van der Waals surface area contributed by atoms with Crippen LogP contribution in [-0.4, -0.2) is 9.97 Å². The van der Waals surface area contributed by atoms with Crippen molar-refractivity contribution in [3.8, 4) is 10.7 Å². The van der Waals surface area contributed by atoms with Crippen LogP contribution in [0.15, 0.2) is 35.7 Å². The second-order valence-electron chi connectivity index (χ2n) is 3.79. The summed E-state index contributed by atoms with van der Waals surface area (Å²) in [4.78, 5) is 8.08. The van der Waals surface area contributed by atoms with Crippen LogP contribution in [0.2, 0.25) is 0 Å². The molecule has 0 bridgehead atoms. The number of nitrogens with one attached hydrogen (secondary N) is 1. The van der Waals surface area contributed by atoms with Gasteiger partial charge in [0.2, 0.25) is 0 Å². The zero-order valence-electron chi connectivity index (χ0n) is 8.95. The third-order valence-corrected chi connectivity index (χ3v) is 3.44. The average Bonchev–Trinajstić information content (AvgIpc) is 2.95. The van der Waals surface area contributed by atoms with Gasteiger partial charge in [0, 0.05) is 0 Å². The molecule has 0 radical (unpaired) electrons. The van der Waals surface area contributed by atoms with E-state index < -0.39 is 11.7 Å². The molecule has 0 fully saturated rings. The Kier molecular flexibility index (Phi) is 2.41. The zero-order chi connectivity index (χ0) is 12.8. The Bertz CT molecular complexity index is 683. The summed E-state index contributed by atoms with van der Waals surface area (Å²) in [6, 6.07) is 7.24. The van der Waals surface area contributed by atoms with E-state index >= 15 is 0 Å². The van der Waals surface area contributed by atoms with Crippen molar-refractivity contribution in [3.05, 3.63) is 41.3 Å². The van der Waals surface area contributed by atoms with Gasteiger partial charge >= 0.3 is 6.18 Å². The Morgan fingerprint density at radius 1 is 1.17 bits per heavy atom. The molecule has 92 valence electrons. The van der Waals surface area contributed by atoms with E-state index in [0.29, 0.717) is 16.9 Å². The maximum Gasteiger partial charge on any atom is 0.416 e. The lowest BCUT2D eigenvalue weighted by atomic mass is 10.2. The summed E-state index contributed by atoms with van der Waals surface area (Å²) in [6.45, 7) is 0. The molecule has 2 heterocycles. The van der Waals surface area contributed by atoms with Gasteiger partial charge in [-0.2, -0.15) is 13.2 Å². The summed E-state index contributed by atoms with van der Waals surface area (Å²) in [6.07, 6.45) is -4.33. The molecule has 1 N–H and O–H groups in total. The smallest absolute Gasteiger partial charge is 0.337 e. The number of halogens is 3. The molecule has 2 aromatic heterocycles. The second-order valence-corrected chi connectivity index (χ2v) is 4.74. The first-order valence-electron chi connectivity index (χ1n) is 5.15. The van der Waals surface area contributed by atoms with Crippen LogP contribution in [0.1, 0.15) is 5.56 Å². The largest absolute Gasteiger partial charge is 0.416 e. The minimum atomic E-state index is -4.33. The van der Waals surface area contributed by atoms with Gasteiger partial charge in [-0.25, -0.2) is 4.98 Å². The third kappa shape index (κ3) is 1.88. The van der Waals surface area contributed by atoms with E-state index in [1.807, 2.05) is 17.5 Å². The van der Waals surface area contributed by atoms with Crippen molar-refractivity contribution in [1.82, 2.24) is 9.97 Å². The number of thiophene rings is 1. The summed E-state index contributed by atoms with van der Waals surface area (Å²) >= 11 is 1.49. The van der Waals surface area contributed by atoms with Crippen molar-refractivity contribution >= 4 is 22.4 Å². The maximum absolute atomic E-state index is 12.6. The SMILES string of the molecule is FC(F)(F)c1ccc2nc(-c3cccs3)[nH]c2c1.